The highest BCUT2D eigenvalue weighted by Gasteiger charge is 2.28. The van der Waals surface area contributed by atoms with Crippen LogP contribution in [0.25, 0.3) is 0 Å². The van der Waals surface area contributed by atoms with Gasteiger partial charge in [-0.1, -0.05) is 15.9 Å². The summed E-state index contributed by atoms with van der Waals surface area (Å²) in [6.45, 7) is 6.81. The number of imidazole rings is 1. The third-order valence-electron chi connectivity index (χ3n) is 2.43. The predicted molar refractivity (Wildman–Crippen MR) is 70.7 cm³/mol. The minimum Gasteiger partial charge on any atom is -0.336 e. The van der Waals surface area contributed by atoms with E-state index >= 15 is 0 Å². The number of rotatable bonds is 6. The molecule has 0 aliphatic heterocycles. The molecule has 0 saturated heterocycles. The molecule has 0 aliphatic rings. The first-order valence-electron chi connectivity index (χ1n) is 5.53. The van der Waals surface area contributed by atoms with Crippen LogP contribution in [-0.4, -0.2) is 40.2 Å². The SMILES string of the molecule is CCn1cnc(S(=O)(=O)N(CCBr)C(C)C)c1. The van der Waals surface area contributed by atoms with E-state index in [9.17, 15) is 8.42 Å². The maximum Gasteiger partial charge on any atom is 0.262 e. The van der Waals surface area contributed by atoms with E-state index in [-0.39, 0.29) is 11.1 Å². The summed E-state index contributed by atoms with van der Waals surface area (Å²) in [5.74, 6) is 0. The van der Waals surface area contributed by atoms with E-state index in [0.29, 0.717) is 18.4 Å². The van der Waals surface area contributed by atoms with Crippen molar-refractivity contribution in [3.05, 3.63) is 12.5 Å². The van der Waals surface area contributed by atoms with Gasteiger partial charge in [0.15, 0.2) is 5.03 Å². The Kier molecular flexibility index (Phi) is 5.15. The summed E-state index contributed by atoms with van der Waals surface area (Å²) in [7, 11) is -3.48. The molecule has 1 aromatic rings. The van der Waals surface area contributed by atoms with Crippen molar-refractivity contribution < 1.29 is 8.42 Å². The number of aryl methyl sites for hydroxylation is 1. The summed E-state index contributed by atoms with van der Waals surface area (Å²) >= 11 is 3.27. The summed E-state index contributed by atoms with van der Waals surface area (Å²) < 4.78 is 27.8. The van der Waals surface area contributed by atoms with Gasteiger partial charge in [-0.15, -0.1) is 0 Å². The molecule has 0 saturated carbocycles. The second-order valence-electron chi connectivity index (χ2n) is 3.94. The van der Waals surface area contributed by atoms with Crippen molar-refractivity contribution >= 4 is 26.0 Å². The standard InChI is InChI=1S/C10H18BrN3O2S/c1-4-13-7-10(12-8-13)17(15,16)14(6-5-11)9(2)3/h7-9H,4-6H2,1-3H3. The highest BCUT2D eigenvalue weighted by atomic mass is 79.9. The van der Waals surface area contributed by atoms with Crippen molar-refractivity contribution in [1.29, 1.82) is 0 Å². The van der Waals surface area contributed by atoms with Crippen LogP contribution in [0.2, 0.25) is 0 Å². The van der Waals surface area contributed by atoms with Gasteiger partial charge in [-0.25, -0.2) is 13.4 Å². The van der Waals surface area contributed by atoms with Crippen molar-refractivity contribution in [3.63, 3.8) is 0 Å². The summed E-state index contributed by atoms with van der Waals surface area (Å²) in [5.41, 5.74) is 0. The van der Waals surface area contributed by atoms with Crippen LogP contribution in [0.3, 0.4) is 0 Å². The first kappa shape index (κ1) is 14.7. The van der Waals surface area contributed by atoms with Crippen molar-refractivity contribution in [2.75, 3.05) is 11.9 Å². The number of aromatic nitrogens is 2. The molecule has 98 valence electrons. The van der Waals surface area contributed by atoms with Crippen LogP contribution in [0.5, 0.6) is 0 Å². The fourth-order valence-electron chi connectivity index (χ4n) is 1.51. The van der Waals surface area contributed by atoms with Gasteiger partial charge >= 0.3 is 0 Å². The normalized spacial score (nSPS) is 12.6. The van der Waals surface area contributed by atoms with Gasteiger partial charge in [0.05, 0.1) is 6.33 Å². The Morgan fingerprint density at radius 3 is 2.59 bits per heavy atom. The molecule has 1 heterocycles. The number of hydrogen-bond acceptors (Lipinski definition) is 3. The Morgan fingerprint density at radius 2 is 2.18 bits per heavy atom. The van der Waals surface area contributed by atoms with E-state index in [1.165, 1.54) is 4.31 Å². The minimum absolute atomic E-state index is 0.0793. The van der Waals surface area contributed by atoms with Gasteiger partial charge in [-0.2, -0.15) is 4.31 Å². The van der Waals surface area contributed by atoms with E-state index in [2.05, 4.69) is 20.9 Å². The molecule has 0 atom stereocenters. The largest absolute Gasteiger partial charge is 0.336 e. The molecule has 0 amide bonds. The Bertz CT molecular complexity index is 456. The van der Waals surface area contributed by atoms with E-state index < -0.39 is 10.0 Å². The molecule has 7 heteroatoms. The maximum atomic E-state index is 12.3. The summed E-state index contributed by atoms with van der Waals surface area (Å²) in [4.78, 5) is 3.96. The average Bonchev–Trinajstić information content (AvgIpc) is 2.74. The number of hydrogen-bond donors (Lipinski definition) is 0. The number of alkyl halides is 1. The number of halogens is 1. The van der Waals surface area contributed by atoms with E-state index in [0.717, 1.165) is 0 Å². The fraction of sp³-hybridized carbons (Fsp3) is 0.700. The van der Waals surface area contributed by atoms with Gasteiger partial charge in [-0.3, -0.25) is 0 Å². The molecular weight excluding hydrogens is 306 g/mol. The molecule has 0 unspecified atom stereocenters. The Hall–Kier alpha value is -0.400. The summed E-state index contributed by atoms with van der Waals surface area (Å²) in [6.07, 6.45) is 3.11. The van der Waals surface area contributed by atoms with E-state index in [1.54, 1.807) is 17.1 Å². The van der Waals surface area contributed by atoms with Gasteiger partial charge in [0.25, 0.3) is 10.0 Å². The molecule has 1 aromatic heterocycles. The maximum absolute atomic E-state index is 12.3. The highest BCUT2D eigenvalue weighted by molar-refractivity contribution is 9.09. The first-order valence-corrected chi connectivity index (χ1v) is 8.09. The Balaban J connectivity index is 3.07. The van der Waals surface area contributed by atoms with Crippen LogP contribution in [0.15, 0.2) is 17.6 Å². The van der Waals surface area contributed by atoms with Crippen LogP contribution in [-0.2, 0) is 16.6 Å². The molecule has 0 N–H and O–H groups in total. The van der Waals surface area contributed by atoms with E-state index in [4.69, 9.17) is 0 Å². The van der Waals surface area contributed by atoms with Gasteiger partial charge in [0, 0.05) is 30.7 Å². The summed E-state index contributed by atoms with van der Waals surface area (Å²) in [6, 6.07) is -0.0793. The molecule has 0 spiro atoms. The van der Waals surface area contributed by atoms with Crippen LogP contribution < -0.4 is 0 Å². The lowest BCUT2D eigenvalue weighted by molar-refractivity contribution is 0.370. The molecule has 0 fully saturated rings. The first-order chi connectivity index (χ1) is 7.93. The molecule has 0 bridgehead atoms. The average molecular weight is 324 g/mol. The van der Waals surface area contributed by atoms with Crippen LogP contribution >= 0.6 is 15.9 Å². The van der Waals surface area contributed by atoms with Crippen LogP contribution in [0, 0.1) is 0 Å². The van der Waals surface area contributed by atoms with Gasteiger partial charge in [0.1, 0.15) is 0 Å². The zero-order chi connectivity index (χ0) is 13.1. The van der Waals surface area contributed by atoms with Crippen molar-refractivity contribution in [3.8, 4) is 0 Å². The third kappa shape index (κ3) is 3.29. The van der Waals surface area contributed by atoms with E-state index in [1.807, 2.05) is 20.8 Å². The zero-order valence-electron chi connectivity index (χ0n) is 10.3. The Labute approximate surface area is 111 Å². The highest BCUT2D eigenvalue weighted by Crippen LogP contribution is 2.16. The van der Waals surface area contributed by atoms with Crippen molar-refractivity contribution in [1.82, 2.24) is 13.9 Å². The minimum atomic E-state index is -3.48. The summed E-state index contributed by atoms with van der Waals surface area (Å²) in [5, 5.41) is 0.729. The van der Waals surface area contributed by atoms with Gasteiger partial charge < -0.3 is 4.57 Å². The number of nitrogens with zero attached hydrogens (tertiary/aromatic N) is 3. The Morgan fingerprint density at radius 1 is 1.53 bits per heavy atom. The second kappa shape index (κ2) is 5.97. The lowest BCUT2D eigenvalue weighted by Crippen LogP contribution is -2.38. The second-order valence-corrected chi connectivity index (χ2v) is 6.57. The smallest absolute Gasteiger partial charge is 0.262 e. The molecule has 0 aromatic carbocycles. The molecular formula is C10H18BrN3O2S. The quantitative estimate of drug-likeness (QED) is 0.749. The topological polar surface area (TPSA) is 55.2 Å². The monoisotopic (exact) mass is 323 g/mol. The van der Waals surface area contributed by atoms with Gasteiger partial charge in [0.2, 0.25) is 0 Å². The molecule has 5 nitrogen and oxygen atoms in total. The molecule has 0 radical (unpaired) electrons. The number of sulfonamides is 1. The molecule has 0 aliphatic carbocycles. The van der Waals surface area contributed by atoms with Crippen LogP contribution in [0.1, 0.15) is 20.8 Å². The van der Waals surface area contributed by atoms with Gasteiger partial charge in [-0.05, 0) is 20.8 Å². The lowest BCUT2D eigenvalue weighted by atomic mass is 10.4. The third-order valence-corrected chi connectivity index (χ3v) is 4.74. The molecule has 17 heavy (non-hydrogen) atoms. The molecule has 1 rings (SSSR count). The predicted octanol–water partition coefficient (Wildman–Crippen LogP) is 1.70. The van der Waals surface area contributed by atoms with Crippen LogP contribution in [0.4, 0.5) is 0 Å². The van der Waals surface area contributed by atoms with Crippen molar-refractivity contribution in [2.45, 2.75) is 38.4 Å². The lowest BCUT2D eigenvalue weighted by Gasteiger charge is -2.23. The zero-order valence-corrected chi connectivity index (χ0v) is 12.7. The van der Waals surface area contributed by atoms with Crippen molar-refractivity contribution in [2.24, 2.45) is 0 Å². The fourth-order valence-corrected chi connectivity index (χ4v) is 3.70.